The molecule has 0 saturated carbocycles. The molecule has 1 atom stereocenters. The fourth-order valence-corrected chi connectivity index (χ4v) is 1.16. The summed E-state index contributed by atoms with van der Waals surface area (Å²) in [6, 6.07) is 0. The maximum Gasteiger partial charge on any atom is 0.330 e. The largest absolute Gasteiger partial charge is 0.481 e. The van der Waals surface area contributed by atoms with Crippen molar-refractivity contribution in [3.63, 3.8) is 0 Å². The standard InChI is InChI=1S/C11H20O2.C2H4O2S/c1-4-7-8-10(5-2)9-13-11(12)6-3;3-2(4)1-5/h6,10H,3-5,7-9H2,1-2H3;5H,1H2,(H,3,4). The van der Waals surface area contributed by atoms with Gasteiger partial charge in [-0.05, 0) is 12.3 Å². The van der Waals surface area contributed by atoms with Gasteiger partial charge in [-0.15, -0.1) is 0 Å². The van der Waals surface area contributed by atoms with E-state index in [-0.39, 0.29) is 11.7 Å². The molecular weight excluding hydrogens is 252 g/mol. The topological polar surface area (TPSA) is 63.6 Å². The summed E-state index contributed by atoms with van der Waals surface area (Å²) in [5, 5.41) is 7.65. The molecule has 0 spiro atoms. The first-order chi connectivity index (χ1) is 8.51. The fourth-order valence-electron chi connectivity index (χ4n) is 1.16. The molecule has 0 aliphatic heterocycles. The van der Waals surface area contributed by atoms with Crippen LogP contribution in [0.3, 0.4) is 0 Å². The van der Waals surface area contributed by atoms with Gasteiger partial charge >= 0.3 is 11.9 Å². The van der Waals surface area contributed by atoms with E-state index in [1.165, 1.54) is 18.9 Å². The number of thiol groups is 1. The summed E-state index contributed by atoms with van der Waals surface area (Å²) in [6.45, 7) is 8.19. The lowest BCUT2D eigenvalue weighted by Crippen LogP contribution is -2.12. The third-order valence-corrected chi connectivity index (χ3v) is 2.58. The predicted molar refractivity (Wildman–Crippen MR) is 76.0 cm³/mol. The Bertz CT molecular complexity index is 241. The van der Waals surface area contributed by atoms with Crippen LogP contribution in [0.1, 0.15) is 39.5 Å². The van der Waals surface area contributed by atoms with Crippen molar-refractivity contribution >= 4 is 24.6 Å². The van der Waals surface area contributed by atoms with Gasteiger partial charge in [0.2, 0.25) is 0 Å². The van der Waals surface area contributed by atoms with Crippen molar-refractivity contribution in [1.29, 1.82) is 0 Å². The number of carboxylic acids is 1. The molecule has 0 amide bonds. The van der Waals surface area contributed by atoms with Crippen LogP contribution in [0.5, 0.6) is 0 Å². The first-order valence-corrected chi connectivity index (χ1v) is 6.76. The number of hydrogen-bond donors (Lipinski definition) is 2. The molecule has 5 heteroatoms. The quantitative estimate of drug-likeness (QED) is 0.406. The maximum absolute atomic E-state index is 10.8. The minimum atomic E-state index is -0.881. The minimum absolute atomic E-state index is 0.0833. The lowest BCUT2D eigenvalue weighted by atomic mass is 10.0. The first kappa shape index (κ1) is 19.4. The highest BCUT2D eigenvalue weighted by Gasteiger charge is 2.07. The molecule has 0 rings (SSSR count). The number of esters is 1. The van der Waals surface area contributed by atoms with E-state index in [1.54, 1.807) is 0 Å². The Labute approximate surface area is 115 Å². The molecule has 0 aromatic heterocycles. The van der Waals surface area contributed by atoms with Crippen LogP contribution in [-0.4, -0.2) is 29.4 Å². The number of rotatable bonds is 8. The highest BCUT2D eigenvalue weighted by Crippen LogP contribution is 2.12. The zero-order chi connectivity index (χ0) is 14.4. The molecule has 4 nitrogen and oxygen atoms in total. The Morgan fingerprint density at radius 3 is 2.33 bits per heavy atom. The van der Waals surface area contributed by atoms with E-state index in [4.69, 9.17) is 9.84 Å². The van der Waals surface area contributed by atoms with E-state index in [0.717, 1.165) is 12.8 Å². The van der Waals surface area contributed by atoms with Gasteiger partial charge in [-0.2, -0.15) is 12.6 Å². The van der Waals surface area contributed by atoms with E-state index in [0.29, 0.717) is 12.5 Å². The Kier molecular flexibility index (Phi) is 15.2. The molecule has 0 bridgehead atoms. The highest BCUT2D eigenvalue weighted by molar-refractivity contribution is 7.81. The molecule has 0 saturated heterocycles. The molecule has 1 N–H and O–H groups in total. The third-order valence-electron chi connectivity index (χ3n) is 2.31. The Hall–Kier alpha value is -0.970. The molecule has 106 valence electrons. The van der Waals surface area contributed by atoms with Gasteiger partial charge in [-0.3, -0.25) is 4.79 Å². The van der Waals surface area contributed by atoms with Crippen LogP contribution in [0, 0.1) is 5.92 Å². The molecule has 1 unspecified atom stereocenters. The molecule has 0 heterocycles. The normalized spacial score (nSPS) is 10.8. The van der Waals surface area contributed by atoms with Gasteiger partial charge in [0.15, 0.2) is 0 Å². The monoisotopic (exact) mass is 276 g/mol. The molecular formula is C13H24O4S. The van der Waals surface area contributed by atoms with E-state index >= 15 is 0 Å². The van der Waals surface area contributed by atoms with Crippen LogP contribution in [0.4, 0.5) is 0 Å². The minimum Gasteiger partial charge on any atom is -0.481 e. The van der Waals surface area contributed by atoms with Crippen molar-refractivity contribution in [3.8, 4) is 0 Å². The summed E-state index contributed by atoms with van der Waals surface area (Å²) in [4.78, 5) is 20.1. The van der Waals surface area contributed by atoms with Crippen LogP contribution < -0.4 is 0 Å². The van der Waals surface area contributed by atoms with Crippen LogP contribution in [0.25, 0.3) is 0 Å². The van der Waals surface area contributed by atoms with Crippen LogP contribution >= 0.6 is 12.6 Å². The van der Waals surface area contributed by atoms with Crippen molar-refractivity contribution in [3.05, 3.63) is 12.7 Å². The molecule has 0 aliphatic carbocycles. The van der Waals surface area contributed by atoms with Gasteiger partial charge in [0, 0.05) is 6.08 Å². The second kappa shape index (κ2) is 14.1. The van der Waals surface area contributed by atoms with Crippen LogP contribution in [0.15, 0.2) is 12.7 Å². The van der Waals surface area contributed by atoms with Gasteiger partial charge < -0.3 is 9.84 Å². The SMILES string of the molecule is C=CC(=O)OCC(CC)CCCC.O=C(O)CS. The summed E-state index contributed by atoms with van der Waals surface area (Å²) in [7, 11) is 0. The second-order valence-corrected chi connectivity index (χ2v) is 4.12. The molecule has 0 fully saturated rings. The van der Waals surface area contributed by atoms with Gasteiger partial charge in [0.25, 0.3) is 0 Å². The van der Waals surface area contributed by atoms with Crippen molar-refractivity contribution < 1.29 is 19.4 Å². The Morgan fingerprint density at radius 2 is 2.00 bits per heavy atom. The average Bonchev–Trinajstić information content (AvgIpc) is 2.39. The zero-order valence-corrected chi connectivity index (χ0v) is 12.1. The fraction of sp³-hybridized carbons (Fsp3) is 0.692. The molecule has 0 aromatic carbocycles. The summed E-state index contributed by atoms with van der Waals surface area (Å²) < 4.78 is 4.98. The van der Waals surface area contributed by atoms with Gasteiger partial charge in [0.1, 0.15) is 0 Å². The van der Waals surface area contributed by atoms with E-state index in [9.17, 15) is 9.59 Å². The number of unbranched alkanes of at least 4 members (excludes halogenated alkanes) is 1. The highest BCUT2D eigenvalue weighted by atomic mass is 32.1. The Morgan fingerprint density at radius 1 is 1.44 bits per heavy atom. The van der Waals surface area contributed by atoms with E-state index in [1.807, 2.05) is 0 Å². The third kappa shape index (κ3) is 15.0. The lowest BCUT2D eigenvalue weighted by Gasteiger charge is -2.13. The number of carbonyl (C=O) groups excluding carboxylic acids is 1. The van der Waals surface area contributed by atoms with Gasteiger partial charge in [-0.1, -0.05) is 39.7 Å². The Balaban J connectivity index is 0. The summed E-state index contributed by atoms with van der Waals surface area (Å²) in [6.07, 6.45) is 5.85. The first-order valence-electron chi connectivity index (χ1n) is 6.13. The molecule has 0 aliphatic rings. The maximum atomic E-state index is 10.8. The molecule has 18 heavy (non-hydrogen) atoms. The number of ether oxygens (including phenoxy) is 1. The van der Waals surface area contributed by atoms with Crippen LogP contribution in [0.2, 0.25) is 0 Å². The lowest BCUT2D eigenvalue weighted by molar-refractivity contribution is -0.139. The zero-order valence-electron chi connectivity index (χ0n) is 11.2. The number of carboxylic acid groups (broad SMARTS) is 1. The molecule has 0 radical (unpaired) electrons. The van der Waals surface area contributed by atoms with Crippen molar-refractivity contribution in [2.24, 2.45) is 5.92 Å². The van der Waals surface area contributed by atoms with Crippen molar-refractivity contribution in [2.75, 3.05) is 12.4 Å². The summed E-state index contributed by atoms with van der Waals surface area (Å²) in [5.41, 5.74) is 0. The van der Waals surface area contributed by atoms with E-state index < -0.39 is 5.97 Å². The number of aliphatic carboxylic acids is 1. The van der Waals surface area contributed by atoms with Crippen molar-refractivity contribution in [1.82, 2.24) is 0 Å². The average molecular weight is 276 g/mol. The second-order valence-electron chi connectivity index (χ2n) is 3.80. The van der Waals surface area contributed by atoms with Crippen molar-refractivity contribution in [2.45, 2.75) is 39.5 Å². The van der Waals surface area contributed by atoms with Gasteiger partial charge in [0.05, 0.1) is 12.4 Å². The summed E-state index contributed by atoms with van der Waals surface area (Å²) >= 11 is 3.42. The van der Waals surface area contributed by atoms with E-state index in [2.05, 4.69) is 33.1 Å². The van der Waals surface area contributed by atoms with Crippen LogP contribution in [-0.2, 0) is 14.3 Å². The summed E-state index contributed by atoms with van der Waals surface area (Å²) in [5.74, 6) is -0.757. The number of hydrogen-bond acceptors (Lipinski definition) is 4. The smallest absolute Gasteiger partial charge is 0.330 e. The molecule has 0 aromatic rings. The van der Waals surface area contributed by atoms with Gasteiger partial charge in [-0.25, -0.2) is 4.79 Å². The number of carbonyl (C=O) groups is 2. The predicted octanol–water partition coefficient (Wildman–Crippen LogP) is 2.93.